The molecule has 0 saturated carbocycles. The Hall–Kier alpha value is -2.15. The molecule has 1 aromatic carbocycles. The van der Waals surface area contributed by atoms with E-state index in [9.17, 15) is 14.9 Å². The van der Waals surface area contributed by atoms with E-state index in [0.29, 0.717) is 6.54 Å². The van der Waals surface area contributed by atoms with Crippen molar-refractivity contribution in [1.82, 2.24) is 5.32 Å². The summed E-state index contributed by atoms with van der Waals surface area (Å²) in [6.07, 6.45) is -0.251. The fourth-order valence-electron chi connectivity index (χ4n) is 1.64. The Kier molecular flexibility index (Phi) is 6.61. The van der Waals surface area contributed by atoms with Crippen molar-refractivity contribution in [3.05, 3.63) is 33.9 Å². The van der Waals surface area contributed by atoms with E-state index in [1.807, 2.05) is 6.92 Å². The monoisotopic (exact) mass is 296 g/mol. The van der Waals surface area contributed by atoms with Crippen molar-refractivity contribution >= 4 is 11.7 Å². The zero-order valence-electron chi connectivity index (χ0n) is 12.4. The lowest BCUT2D eigenvalue weighted by atomic mass is 10.2. The minimum Gasteiger partial charge on any atom is -0.475 e. The van der Waals surface area contributed by atoms with Crippen LogP contribution in [0, 0.1) is 10.1 Å². The maximum absolute atomic E-state index is 11.4. The molecule has 0 amide bonds. The van der Waals surface area contributed by atoms with Crippen molar-refractivity contribution in [2.24, 2.45) is 0 Å². The van der Waals surface area contributed by atoms with Crippen molar-refractivity contribution in [2.45, 2.75) is 33.4 Å². The minimum atomic E-state index is -0.559. The zero-order valence-corrected chi connectivity index (χ0v) is 12.4. The van der Waals surface area contributed by atoms with Crippen molar-refractivity contribution in [3.63, 3.8) is 0 Å². The SMILES string of the molecule is CCNCc1ccc(OCC(=O)OC(C)C)c([N+](=O)[O-])c1. The summed E-state index contributed by atoms with van der Waals surface area (Å²) >= 11 is 0. The van der Waals surface area contributed by atoms with E-state index in [-0.39, 0.29) is 24.1 Å². The van der Waals surface area contributed by atoms with E-state index >= 15 is 0 Å². The van der Waals surface area contributed by atoms with Gasteiger partial charge in [0.25, 0.3) is 0 Å². The normalized spacial score (nSPS) is 10.5. The molecule has 116 valence electrons. The fraction of sp³-hybridized carbons (Fsp3) is 0.500. The topological polar surface area (TPSA) is 90.7 Å². The Labute approximate surface area is 123 Å². The van der Waals surface area contributed by atoms with E-state index in [0.717, 1.165) is 12.1 Å². The lowest BCUT2D eigenvalue weighted by Gasteiger charge is -2.10. The number of nitrogens with zero attached hydrogens (tertiary/aromatic N) is 1. The van der Waals surface area contributed by atoms with Crippen LogP contribution in [-0.4, -0.2) is 30.1 Å². The first kappa shape index (κ1) is 16.9. The molecule has 0 fully saturated rings. The van der Waals surface area contributed by atoms with Crippen LogP contribution in [0.15, 0.2) is 18.2 Å². The standard InChI is InChI=1S/C14H20N2O5/c1-4-15-8-11-5-6-13(12(7-11)16(18)19)20-9-14(17)21-10(2)3/h5-7,10,15H,4,8-9H2,1-3H3. The van der Waals surface area contributed by atoms with Crippen LogP contribution in [0.25, 0.3) is 0 Å². The van der Waals surface area contributed by atoms with Crippen LogP contribution in [0.3, 0.4) is 0 Å². The fourth-order valence-corrected chi connectivity index (χ4v) is 1.64. The Morgan fingerprint density at radius 3 is 2.71 bits per heavy atom. The molecule has 0 bridgehead atoms. The van der Waals surface area contributed by atoms with Gasteiger partial charge in [0.1, 0.15) is 0 Å². The Morgan fingerprint density at radius 1 is 1.43 bits per heavy atom. The van der Waals surface area contributed by atoms with Gasteiger partial charge in [-0.25, -0.2) is 4.79 Å². The molecule has 0 unspecified atom stereocenters. The minimum absolute atomic E-state index is 0.0564. The first-order valence-electron chi connectivity index (χ1n) is 6.74. The van der Waals surface area contributed by atoms with Crippen molar-refractivity contribution in [1.29, 1.82) is 0 Å². The molecule has 0 radical (unpaired) electrons. The van der Waals surface area contributed by atoms with Gasteiger partial charge in [0.05, 0.1) is 11.0 Å². The molecular formula is C14H20N2O5. The number of carbonyl (C=O) groups is 1. The van der Waals surface area contributed by atoms with Crippen LogP contribution in [0.4, 0.5) is 5.69 Å². The van der Waals surface area contributed by atoms with Gasteiger partial charge in [0.15, 0.2) is 12.4 Å². The van der Waals surface area contributed by atoms with E-state index in [4.69, 9.17) is 9.47 Å². The van der Waals surface area contributed by atoms with E-state index in [2.05, 4.69) is 5.32 Å². The molecule has 0 spiro atoms. The Bertz CT molecular complexity index is 502. The van der Waals surface area contributed by atoms with E-state index < -0.39 is 10.9 Å². The van der Waals surface area contributed by atoms with Crippen LogP contribution >= 0.6 is 0 Å². The average molecular weight is 296 g/mol. The van der Waals surface area contributed by atoms with Crippen LogP contribution < -0.4 is 10.1 Å². The molecule has 0 aliphatic rings. The summed E-state index contributed by atoms with van der Waals surface area (Å²) < 4.78 is 10.1. The van der Waals surface area contributed by atoms with Gasteiger partial charge < -0.3 is 14.8 Å². The largest absolute Gasteiger partial charge is 0.475 e. The number of nitrogens with one attached hydrogen (secondary N) is 1. The number of ether oxygens (including phenoxy) is 2. The summed E-state index contributed by atoms with van der Waals surface area (Å²) in [5.41, 5.74) is 0.614. The molecule has 0 aromatic heterocycles. The molecule has 1 N–H and O–H groups in total. The van der Waals surface area contributed by atoms with Crippen molar-refractivity contribution < 1.29 is 19.2 Å². The van der Waals surface area contributed by atoms with Crippen LogP contribution in [0.2, 0.25) is 0 Å². The quantitative estimate of drug-likeness (QED) is 0.448. The van der Waals surface area contributed by atoms with Crippen LogP contribution in [0.5, 0.6) is 5.75 Å². The van der Waals surface area contributed by atoms with Crippen molar-refractivity contribution in [2.75, 3.05) is 13.2 Å². The first-order chi connectivity index (χ1) is 9.93. The molecule has 1 aromatic rings. The number of rotatable bonds is 8. The molecular weight excluding hydrogens is 276 g/mol. The van der Waals surface area contributed by atoms with E-state index in [1.165, 1.54) is 12.1 Å². The number of hydrogen-bond acceptors (Lipinski definition) is 6. The molecule has 21 heavy (non-hydrogen) atoms. The number of nitro benzene ring substituents is 1. The highest BCUT2D eigenvalue weighted by molar-refractivity contribution is 5.71. The summed E-state index contributed by atoms with van der Waals surface area (Å²) in [7, 11) is 0. The number of benzene rings is 1. The number of hydrogen-bond donors (Lipinski definition) is 1. The van der Waals surface area contributed by atoms with Gasteiger partial charge in [-0.2, -0.15) is 0 Å². The summed E-state index contributed by atoms with van der Waals surface area (Å²) in [4.78, 5) is 21.9. The highest BCUT2D eigenvalue weighted by Crippen LogP contribution is 2.28. The van der Waals surface area contributed by atoms with Gasteiger partial charge in [0.2, 0.25) is 0 Å². The second kappa shape index (κ2) is 8.21. The number of nitro groups is 1. The summed E-state index contributed by atoms with van der Waals surface area (Å²) in [6, 6.07) is 4.65. The Morgan fingerprint density at radius 2 is 2.14 bits per heavy atom. The van der Waals surface area contributed by atoms with Gasteiger partial charge >= 0.3 is 11.7 Å². The first-order valence-corrected chi connectivity index (χ1v) is 6.74. The number of carbonyl (C=O) groups excluding carboxylic acids is 1. The van der Waals surface area contributed by atoms with Gasteiger partial charge in [0, 0.05) is 12.6 Å². The van der Waals surface area contributed by atoms with Gasteiger partial charge in [-0.1, -0.05) is 13.0 Å². The van der Waals surface area contributed by atoms with Crippen LogP contribution in [0.1, 0.15) is 26.3 Å². The van der Waals surface area contributed by atoms with Crippen LogP contribution in [-0.2, 0) is 16.1 Å². The predicted molar refractivity (Wildman–Crippen MR) is 77.2 cm³/mol. The zero-order chi connectivity index (χ0) is 15.8. The highest BCUT2D eigenvalue weighted by Gasteiger charge is 2.17. The summed E-state index contributed by atoms with van der Waals surface area (Å²) in [5.74, 6) is -0.503. The second-order valence-electron chi connectivity index (χ2n) is 4.67. The molecule has 1 rings (SSSR count). The molecule has 0 aliphatic carbocycles. The maximum Gasteiger partial charge on any atom is 0.344 e. The third kappa shape index (κ3) is 5.78. The molecule has 0 aliphatic heterocycles. The highest BCUT2D eigenvalue weighted by atomic mass is 16.6. The maximum atomic E-state index is 11.4. The van der Waals surface area contributed by atoms with Gasteiger partial charge in [-0.3, -0.25) is 10.1 Å². The average Bonchev–Trinajstić information content (AvgIpc) is 2.42. The van der Waals surface area contributed by atoms with Crippen molar-refractivity contribution in [3.8, 4) is 5.75 Å². The smallest absolute Gasteiger partial charge is 0.344 e. The molecule has 0 heterocycles. The van der Waals surface area contributed by atoms with Gasteiger partial charge in [-0.05, 0) is 32.0 Å². The third-order valence-electron chi connectivity index (χ3n) is 2.51. The molecule has 0 saturated heterocycles. The third-order valence-corrected chi connectivity index (χ3v) is 2.51. The lowest BCUT2D eigenvalue weighted by molar-refractivity contribution is -0.385. The molecule has 7 nitrogen and oxygen atoms in total. The number of esters is 1. The molecule has 7 heteroatoms. The van der Waals surface area contributed by atoms with E-state index in [1.54, 1.807) is 19.9 Å². The Balaban J connectivity index is 2.77. The summed E-state index contributed by atoms with van der Waals surface area (Å²) in [5, 5.41) is 14.1. The summed E-state index contributed by atoms with van der Waals surface area (Å²) in [6.45, 7) is 6.34. The predicted octanol–water partition coefficient (Wildman–Crippen LogP) is 2.03. The lowest BCUT2D eigenvalue weighted by Crippen LogP contribution is -2.19. The molecule has 0 atom stereocenters. The second-order valence-corrected chi connectivity index (χ2v) is 4.67. The van der Waals surface area contributed by atoms with Gasteiger partial charge in [-0.15, -0.1) is 0 Å².